The first kappa shape index (κ1) is 21.5. The molecule has 2 heterocycles. The van der Waals surface area contributed by atoms with Gasteiger partial charge in [-0.1, -0.05) is 23.7 Å². The van der Waals surface area contributed by atoms with Crippen LogP contribution in [0.4, 0.5) is 15.3 Å². The molecule has 29 heavy (non-hydrogen) atoms. The number of thioether (sulfide) groups is 1. The number of carboxylic acid groups (broad SMARTS) is 1. The number of carbonyl (C=O) groups excluding carboxylic acids is 2. The van der Waals surface area contributed by atoms with Crippen LogP contribution in [0.25, 0.3) is 6.08 Å². The molecule has 1 aromatic carbocycles. The predicted octanol–water partition coefficient (Wildman–Crippen LogP) is 4.27. The molecular formula is C20H24ClN3O4S. The minimum atomic E-state index is -0.923. The van der Waals surface area contributed by atoms with Crippen LogP contribution in [0.5, 0.6) is 0 Å². The fraction of sp³-hybridized carbons (Fsp3) is 0.450. The first-order chi connectivity index (χ1) is 13.6. The van der Waals surface area contributed by atoms with Gasteiger partial charge in [0.15, 0.2) is 0 Å². The Labute approximate surface area is 179 Å². The smallest absolute Gasteiger partial charge is 0.407 e. The van der Waals surface area contributed by atoms with Crippen LogP contribution in [0.2, 0.25) is 5.02 Å². The van der Waals surface area contributed by atoms with Crippen LogP contribution < -0.4 is 10.2 Å². The van der Waals surface area contributed by atoms with Crippen molar-refractivity contribution in [3.8, 4) is 0 Å². The van der Waals surface area contributed by atoms with Gasteiger partial charge in [-0.15, -0.1) is 0 Å². The third-order valence-corrected chi connectivity index (χ3v) is 6.15. The van der Waals surface area contributed by atoms with Crippen molar-refractivity contribution in [2.45, 2.75) is 32.7 Å². The number of nitrogens with one attached hydrogen (secondary N) is 1. The van der Waals surface area contributed by atoms with Crippen LogP contribution in [-0.4, -0.2) is 52.4 Å². The van der Waals surface area contributed by atoms with E-state index in [0.717, 1.165) is 36.0 Å². The molecule has 2 saturated heterocycles. The Balaban J connectivity index is 1.82. The van der Waals surface area contributed by atoms with E-state index in [1.165, 1.54) is 4.90 Å². The average Bonchev–Trinajstić information content (AvgIpc) is 3.18. The molecule has 1 atom stereocenters. The zero-order valence-electron chi connectivity index (χ0n) is 16.6. The molecular weight excluding hydrogens is 414 g/mol. The number of halogens is 1. The number of nitrogens with zero attached hydrogens (tertiary/aromatic N) is 2. The molecule has 0 unspecified atom stereocenters. The highest BCUT2D eigenvalue weighted by Crippen LogP contribution is 2.37. The Morgan fingerprint density at radius 3 is 2.72 bits per heavy atom. The largest absolute Gasteiger partial charge is 0.465 e. The van der Waals surface area contributed by atoms with Crippen LogP contribution >= 0.6 is 23.4 Å². The molecule has 7 nitrogen and oxygen atoms in total. The van der Waals surface area contributed by atoms with Gasteiger partial charge in [0, 0.05) is 30.7 Å². The molecule has 0 bridgehead atoms. The fourth-order valence-electron chi connectivity index (χ4n) is 3.63. The van der Waals surface area contributed by atoms with Crippen molar-refractivity contribution in [1.29, 1.82) is 0 Å². The Morgan fingerprint density at radius 1 is 1.41 bits per heavy atom. The van der Waals surface area contributed by atoms with Crippen LogP contribution in [0.15, 0.2) is 23.1 Å². The summed E-state index contributed by atoms with van der Waals surface area (Å²) in [6, 6.07) is 5.45. The van der Waals surface area contributed by atoms with E-state index in [9.17, 15) is 19.5 Å². The second-order valence-electron chi connectivity index (χ2n) is 8.19. The molecule has 3 amide bonds. The lowest BCUT2D eigenvalue weighted by molar-refractivity contribution is -0.115. The van der Waals surface area contributed by atoms with Crippen LogP contribution in [0, 0.1) is 5.92 Å². The number of hydrogen-bond acceptors (Lipinski definition) is 5. The van der Waals surface area contributed by atoms with Crippen molar-refractivity contribution in [3.05, 3.63) is 33.7 Å². The maximum absolute atomic E-state index is 11.9. The summed E-state index contributed by atoms with van der Waals surface area (Å²) in [7, 11) is 0. The highest BCUT2D eigenvalue weighted by molar-refractivity contribution is 8.18. The Kier molecular flexibility index (Phi) is 6.14. The lowest BCUT2D eigenvalue weighted by Gasteiger charge is -2.35. The number of rotatable bonds is 4. The third kappa shape index (κ3) is 4.87. The Bertz CT molecular complexity index is 881. The number of amides is 3. The van der Waals surface area contributed by atoms with Gasteiger partial charge in [0.1, 0.15) is 0 Å². The number of carbonyl (C=O) groups is 3. The molecule has 2 aliphatic rings. The Morgan fingerprint density at radius 2 is 2.14 bits per heavy atom. The molecule has 0 saturated carbocycles. The van der Waals surface area contributed by atoms with Crippen LogP contribution in [-0.2, 0) is 4.79 Å². The summed E-state index contributed by atoms with van der Waals surface area (Å²) < 4.78 is 0. The summed E-state index contributed by atoms with van der Waals surface area (Å²) in [5, 5.41) is 12.0. The summed E-state index contributed by atoms with van der Waals surface area (Å²) in [6.07, 6.45) is 1.60. The van der Waals surface area contributed by atoms with Crippen molar-refractivity contribution < 1.29 is 19.5 Å². The third-order valence-electron chi connectivity index (χ3n) is 5.03. The molecule has 2 aliphatic heterocycles. The highest BCUT2D eigenvalue weighted by atomic mass is 35.5. The molecule has 3 rings (SSSR count). The van der Waals surface area contributed by atoms with E-state index in [4.69, 9.17) is 11.6 Å². The van der Waals surface area contributed by atoms with E-state index >= 15 is 0 Å². The lowest BCUT2D eigenvalue weighted by Crippen LogP contribution is -2.47. The van der Waals surface area contributed by atoms with E-state index in [0.29, 0.717) is 23.0 Å². The quantitative estimate of drug-likeness (QED) is 0.683. The molecule has 0 aliphatic carbocycles. The molecule has 2 fully saturated rings. The molecule has 1 aromatic rings. The van der Waals surface area contributed by atoms with Gasteiger partial charge in [-0.05, 0) is 57.0 Å². The van der Waals surface area contributed by atoms with Crippen molar-refractivity contribution >= 4 is 52.4 Å². The van der Waals surface area contributed by atoms with Crippen molar-refractivity contribution in [1.82, 2.24) is 10.2 Å². The maximum atomic E-state index is 11.9. The van der Waals surface area contributed by atoms with E-state index in [1.54, 1.807) is 18.2 Å². The first-order valence-corrected chi connectivity index (χ1v) is 10.5. The summed E-state index contributed by atoms with van der Waals surface area (Å²) >= 11 is 7.36. The minimum Gasteiger partial charge on any atom is -0.465 e. The number of imide groups is 1. The zero-order valence-corrected chi connectivity index (χ0v) is 18.1. The van der Waals surface area contributed by atoms with Crippen LogP contribution in [0.3, 0.4) is 0 Å². The van der Waals surface area contributed by atoms with Gasteiger partial charge in [-0.2, -0.15) is 0 Å². The molecule has 0 radical (unpaired) electrons. The number of anilines is 1. The second kappa shape index (κ2) is 8.28. The van der Waals surface area contributed by atoms with Crippen molar-refractivity contribution in [2.75, 3.05) is 24.5 Å². The van der Waals surface area contributed by atoms with Gasteiger partial charge in [0.05, 0.1) is 15.6 Å². The molecule has 156 valence electrons. The molecule has 0 spiro atoms. The lowest BCUT2D eigenvalue weighted by atomic mass is 10.0. The number of hydrogen-bond donors (Lipinski definition) is 2. The summed E-state index contributed by atoms with van der Waals surface area (Å²) in [5.41, 5.74) is 1.09. The summed E-state index contributed by atoms with van der Waals surface area (Å²) in [5.74, 6) is -0.236. The first-order valence-electron chi connectivity index (χ1n) is 9.35. The van der Waals surface area contributed by atoms with Crippen molar-refractivity contribution in [3.63, 3.8) is 0 Å². The Hall–Kier alpha value is -2.19. The summed E-state index contributed by atoms with van der Waals surface area (Å²) in [6.45, 7) is 7.51. The topological polar surface area (TPSA) is 90.0 Å². The van der Waals surface area contributed by atoms with E-state index in [-0.39, 0.29) is 11.2 Å². The predicted molar refractivity (Wildman–Crippen MR) is 115 cm³/mol. The van der Waals surface area contributed by atoms with E-state index in [1.807, 2.05) is 26.8 Å². The number of benzene rings is 1. The number of para-hydroxylation sites is 1. The highest BCUT2D eigenvalue weighted by Gasteiger charge is 2.33. The standard InChI is InChI=1S/C20H24ClN3O4S/c1-20(2,3)24(19(27)28)11-12-7-8-23(10-12)16-13(5-4-6-14(16)21)9-15-17(25)22-18(26)29-15/h4-6,9,12H,7-8,10-11H2,1-3H3,(H,27,28)(H,22,25,26)/b15-9-/t12-/m0/s1. The average molecular weight is 438 g/mol. The van der Waals surface area contributed by atoms with Crippen LogP contribution in [0.1, 0.15) is 32.8 Å². The van der Waals surface area contributed by atoms with Gasteiger partial charge < -0.3 is 14.9 Å². The maximum Gasteiger partial charge on any atom is 0.407 e. The van der Waals surface area contributed by atoms with Gasteiger partial charge in [0.25, 0.3) is 11.1 Å². The van der Waals surface area contributed by atoms with E-state index < -0.39 is 17.5 Å². The van der Waals surface area contributed by atoms with Gasteiger partial charge >= 0.3 is 6.09 Å². The molecule has 2 N–H and O–H groups in total. The normalized spacial score (nSPS) is 21.0. The van der Waals surface area contributed by atoms with Gasteiger partial charge in [-0.3, -0.25) is 14.9 Å². The van der Waals surface area contributed by atoms with E-state index in [2.05, 4.69) is 10.2 Å². The molecule has 0 aromatic heterocycles. The summed E-state index contributed by atoms with van der Waals surface area (Å²) in [4.78, 5) is 38.9. The van der Waals surface area contributed by atoms with Gasteiger partial charge in [-0.25, -0.2) is 4.79 Å². The fourth-order valence-corrected chi connectivity index (χ4v) is 4.60. The zero-order chi connectivity index (χ0) is 21.3. The molecule has 9 heteroatoms. The minimum absolute atomic E-state index is 0.174. The second-order valence-corrected chi connectivity index (χ2v) is 9.62. The van der Waals surface area contributed by atoms with Crippen molar-refractivity contribution in [2.24, 2.45) is 5.92 Å². The monoisotopic (exact) mass is 437 g/mol. The van der Waals surface area contributed by atoms with Gasteiger partial charge in [0.2, 0.25) is 0 Å². The SMILES string of the molecule is CC(C)(C)N(C[C@H]1CCN(c2c(Cl)cccc2/C=C2\SC(=O)NC2=O)C1)C(=O)O.